The molecule has 30 heavy (non-hydrogen) atoms. The van der Waals surface area contributed by atoms with Gasteiger partial charge in [0.05, 0.1) is 22.5 Å². The first-order valence-corrected chi connectivity index (χ1v) is 11.0. The van der Waals surface area contributed by atoms with Crippen LogP contribution in [0, 0.1) is 5.41 Å². The lowest BCUT2D eigenvalue weighted by Gasteiger charge is -2.34. The third-order valence-electron chi connectivity index (χ3n) is 5.40. The maximum absolute atomic E-state index is 13.1. The highest BCUT2D eigenvalue weighted by Gasteiger charge is 2.43. The van der Waals surface area contributed by atoms with Gasteiger partial charge < -0.3 is 20.6 Å². The van der Waals surface area contributed by atoms with Gasteiger partial charge in [0.1, 0.15) is 6.04 Å². The lowest BCUT2D eigenvalue weighted by atomic mass is 9.86. The minimum atomic E-state index is -0.694. The normalized spacial score (nSPS) is 20.2. The molecule has 1 aliphatic rings. The summed E-state index contributed by atoms with van der Waals surface area (Å²) in [5.41, 5.74) is 3.55. The van der Waals surface area contributed by atoms with E-state index in [1.54, 1.807) is 23.9 Å². The standard InChI is InChI=1S/C22H30N4O3S/c1-22(2,3)19(23-4)21(29)26-12-16(27)9-17(26)20(28)25-10-14-5-7-15(8-6-14)18-11-24-13-30-18/h5-8,11,13,16-17,19,23,27H,9-10,12H2,1-4H3,(H,25,28)/t16-,17+,19-/m1/s1. The summed E-state index contributed by atoms with van der Waals surface area (Å²) in [4.78, 5) is 32.6. The SMILES string of the molecule is CN[C@H](C(=O)N1C[C@H](O)C[C@H]1C(=O)NCc1ccc(-c2cncs2)cc1)C(C)(C)C. The van der Waals surface area contributed by atoms with Gasteiger partial charge >= 0.3 is 0 Å². The fraction of sp³-hybridized carbons (Fsp3) is 0.500. The van der Waals surface area contributed by atoms with Gasteiger partial charge in [-0.25, -0.2) is 0 Å². The molecule has 1 aromatic heterocycles. The fourth-order valence-corrected chi connectivity index (χ4v) is 4.48. The van der Waals surface area contributed by atoms with Gasteiger partial charge in [-0.05, 0) is 23.6 Å². The number of aromatic nitrogens is 1. The van der Waals surface area contributed by atoms with Crippen LogP contribution in [-0.4, -0.2) is 58.6 Å². The molecular weight excluding hydrogens is 400 g/mol. The van der Waals surface area contributed by atoms with Gasteiger partial charge in [-0.15, -0.1) is 11.3 Å². The van der Waals surface area contributed by atoms with E-state index in [0.717, 1.165) is 16.0 Å². The minimum absolute atomic E-state index is 0.157. The third kappa shape index (κ3) is 5.06. The monoisotopic (exact) mass is 430 g/mol. The maximum atomic E-state index is 13.1. The van der Waals surface area contributed by atoms with E-state index in [1.165, 1.54) is 4.90 Å². The van der Waals surface area contributed by atoms with E-state index in [4.69, 9.17) is 0 Å². The van der Waals surface area contributed by atoms with Crippen LogP contribution in [-0.2, 0) is 16.1 Å². The Labute approximate surface area is 181 Å². The van der Waals surface area contributed by atoms with Crippen LogP contribution in [0.25, 0.3) is 10.4 Å². The molecule has 0 spiro atoms. The first kappa shape index (κ1) is 22.4. The van der Waals surface area contributed by atoms with Gasteiger partial charge in [0, 0.05) is 25.7 Å². The second-order valence-electron chi connectivity index (χ2n) is 8.76. The summed E-state index contributed by atoms with van der Waals surface area (Å²) >= 11 is 1.58. The largest absolute Gasteiger partial charge is 0.391 e. The van der Waals surface area contributed by atoms with E-state index in [2.05, 4.69) is 15.6 Å². The van der Waals surface area contributed by atoms with Crippen molar-refractivity contribution in [1.82, 2.24) is 20.5 Å². The minimum Gasteiger partial charge on any atom is -0.391 e. The van der Waals surface area contributed by atoms with Crippen molar-refractivity contribution in [3.05, 3.63) is 41.5 Å². The highest BCUT2D eigenvalue weighted by Crippen LogP contribution is 2.26. The molecule has 1 fully saturated rings. The summed E-state index contributed by atoms with van der Waals surface area (Å²) in [6, 6.07) is 6.85. The van der Waals surface area contributed by atoms with Crippen LogP contribution in [0.2, 0.25) is 0 Å². The van der Waals surface area contributed by atoms with Gasteiger partial charge in [0.25, 0.3) is 0 Å². The van der Waals surface area contributed by atoms with Crippen LogP contribution < -0.4 is 10.6 Å². The highest BCUT2D eigenvalue weighted by atomic mass is 32.1. The number of rotatable bonds is 6. The number of hydrogen-bond acceptors (Lipinski definition) is 6. The lowest BCUT2D eigenvalue weighted by Crippen LogP contribution is -2.55. The van der Waals surface area contributed by atoms with Crippen LogP contribution in [0.5, 0.6) is 0 Å². The van der Waals surface area contributed by atoms with Crippen molar-refractivity contribution in [2.45, 2.75) is 51.9 Å². The van der Waals surface area contributed by atoms with Gasteiger partial charge in [0.15, 0.2) is 0 Å². The predicted molar refractivity (Wildman–Crippen MR) is 118 cm³/mol. The third-order valence-corrected chi connectivity index (χ3v) is 6.23. The molecule has 1 aliphatic heterocycles. The van der Waals surface area contributed by atoms with Gasteiger partial charge in [-0.3, -0.25) is 14.6 Å². The van der Waals surface area contributed by atoms with E-state index in [1.807, 2.05) is 51.2 Å². The summed E-state index contributed by atoms with van der Waals surface area (Å²) in [7, 11) is 1.74. The maximum Gasteiger partial charge on any atom is 0.243 e. The average molecular weight is 431 g/mol. The summed E-state index contributed by atoms with van der Waals surface area (Å²) in [6.45, 7) is 6.47. The van der Waals surface area contributed by atoms with Crippen LogP contribution in [0.15, 0.2) is 36.0 Å². The molecular formula is C22H30N4O3S. The van der Waals surface area contributed by atoms with Gasteiger partial charge in [-0.1, -0.05) is 45.0 Å². The number of hydrogen-bond donors (Lipinski definition) is 3. The van der Waals surface area contributed by atoms with E-state index in [9.17, 15) is 14.7 Å². The van der Waals surface area contributed by atoms with Crippen molar-refractivity contribution in [3.8, 4) is 10.4 Å². The smallest absolute Gasteiger partial charge is 0.243 e. The molecule has 162 valence electrons. The highest BCUT2D eigenvalue weighted by molar-refractivity contribution is 7.13. The molecule has 7 nitrogen and oxygen atoms in total. The first-order chi connectivity index (χ1) is 14.2. The Morgan fingerprint density at radius 2 is 2.00 bits per heavy atom. The zero-order chi connectivity index (χ0) is 21.9. The molecule has 0 saturated carbocycles. The number of aliphatic hydroxyl groups excluding tert-OH is 1. The molecule has 8 heteroatoms. The Balaban J connectivity index is 1.64. The number of benzene rings is 1. The molecule has 3 N–H and O–H groups in total. The molecule has 0 bridgehead atoms. The fourth-order valence-electron chi connectivity index (χ4n) is 3.85. The number of carbonyl (C=O) groups is 2. The number of amides is 2. The molecule has 1 aromatic carbocycles. The van der Waals surface area contributed by atoms with Gasteiger partial charge in [-0.2, -0.15) is 0 Å². The number of likely N-dealkylation sites (tertiary alicyclic amines) is 1. The quantitative estimate of drug-likeness (QED) is 0.652. The Bertz CT molecular complexity index is 862. The number of β-amino-alcohol motifs (C(OH)–C–C–N with tert-alkyl or cyclic N) is 1. The van der Waals surface area contributed by atoms with Crippen molar-refractivity contribution < 1.29 is 14.7 Å². The van der Waals surface area contributed by atoms with E-state index >= 15 is 0 Å². The van der Waals surface area contributed by atoms with Crippen LogP contribution in [0.1, 0.15) is 32.8 Å². The summed E-state index contributed by atoms with van der Waals surface area (Å²) < 4.78 is 0. The summed E-state index contributed by atoms with van der Waals surface area (Å²) in [5.74, 6) is -0.397. The second kappa shape index (κ2) is 9.24. The average Bonchev–Trinajstić information content (AvgIpc) is 3.35. The number of nitrogens with zero attached hydrogens (tertiary/aromatic N) is 2. The molecule has 0 aliphatic carbocycles. The van der Waals surface area contributed by atoms with Crippen LogP contribution in [0.4, 0.5) is 0 Å². The van der Waals surface area contributed by atoms with Crippen molar-refractivity contribution in [1.29, 1.82) is 0 Å². The molecule has 2 amide bonds. The molecule has 0 radical (unpaired) electrons. The Kier molecular flexibility index (Phi) is 6.90. The van der Waals surface area contributed by atoms with Crippen LogP contribution in [0.3, 0.4) is 0 Å². The van der Waals surface area contributed by atoms with Crippen molar-refractivity contribution in [2.75, 3.05) is 13.6 Å². The lowest BCUT2D eigenvalue weighted by molar-refractivity contribution is -0.142. The summed E-state index contributed by atoms with van der Waals surface area (Å²) in [6.07, 6.45) is 1.39. The molecule has 3 atom stereocenters. The molecule has 0 unspecified atom stereocenters. The van der Waals surface area contributed by atoms with Crippen molar-refractivity contribution in [2.24, 2.45) is 5.41 Å². The number of aliphatic hydroxyl groups is 1. The molecule has 1 saturated heterocycles. The van der Waals surface area contributed by atoms with E-state index in [-0.39, 0.29) is 30.2 Å². The number of nitrogens with one attached hydrogen (secondary N) is 2. The topological polar surface area (TPSA) is 94.6 Å². The number of likely N-dealkylation sites (N-methyl/N-ethyl adjacent to an activating group) is 1. The molecule has 2 heterocycles. The Morgan fingerprint density at radius 1 is 1.30 bits per heavy atom. The van der Waals surface area contributed by atoms with E-state index in [0.29, 0.717) is 6.54 Å². The predicted octanol–water partition coefficient (Wildman–Crippen LogP) is 2.02. The zero-order valence-electron chi connectivity index (χ0n) is 17.9. The molecule has 2 aromatic rings. The second-order valence-corrected chi connectivity index (χ2v) is 9.65. The van der Waals surface area contributed by atoms with Gasteiger partial charge in [0.2, 0.25) is 11.8 Å². The zero-order valence-corrected chi connectivity index (χ0v) is 18.7. The molecule has 3 rings (SSSR count). The van der Waals surface area contributed by atoms with Crippen LogP contribution >= 0.6 is 11.3 Å². The first-order valence-electron chi connectivity index (χ1n) is 10.1. The Hall–Kier alpha value is -2.29. The number of thiazole rings is 1. The summed E-state index contributed by atoms with van der Waals surface area (Å²) in [5, 5.41) is 16.1. The van der Waals surface area contributed by atoms with E-state index < -0.39 is 18.2 Å². The number of carbonyl (C=O) groups excluding carboxylic acids is 2. The van der Waals surface area contributed by atoms with Crippen molar-refractivity contribution >= 4 is 23.2 Å². The Morgan fingerprint density at radius 3 is 2.57 bits per heavy atom. The van der Waals surface area contributed by atoms with Crippen molar-refractivity contribution in [3.63, 3.8) is 0 Å².